The molecule has 1 unspecified atom stereocenters. The van der Waals surface area contributed by atoms with Gasteiger partial charge in [0.1, 0.15) is 0 Å². The van der Waals surface area contributed by atoms with E-state index in [0.717, 1.165) is 25.2 Å². The molecule has 1 saturated carbocycles. The molecule has 0 saturated heterocycles. The standard InChI is InChI=1S/C19H29NO2/c21-15-13-18(17-8-2-1-3-9-17)12-14-20-19(22)11-10-16-6-4-5-7-16/h1-3,8-9,16,18,21H,4-7,10-15H2,(H,20,22). The molecule has 0 bridgehead atoms. The van der Waals surface area contributed by atoms with Crippen LogP contribution in [0.5, 0.6) is 0 Å². The van der Waals surface area contributed by atoms with E-state index in [1.165, 1.54) is 31.2 Å². The maximum atomic E-state index is 11.9. The summed E-state index contributed by atoms with van der Waals surface area (Å²) < 4.78 is 0. The monoisotopic (exact) mass is 303 g/mol. The van der Waals surface area contributed by atoms with Crippen LogP contribution in [0, 0.1) is 5.92 Å². The predicted octanol–water partition coefficient (Wildman–Crippen LogP) is 3.63. The molecule has 1 aromatic carbocycles. The molecule has 1 amide bonds. The number of hydrogen-bond donors (Lipinski definition) is 2. The quantitative estimate of drug-likeness (QED) is 0.732. The van der Waals surface area contributed by atoms with E-state index in [9.17, 15) is 9.90 Å². The van der Waals surface area contributed by atoms with Crippen LogP contribution in [-0.4, -0.2) is 24.2 Å². The minimum atomic E-state index is 0.183. The lowest BCUT2D eigenvalue weighted by Crippen LogP contribution is -2.26. The zero-order valence-corrected chi connectivity index (χ0v) is 13.5. The van der Waals surface area contributed by atoms with E-state index in [4.69, 9.17) is 0 Å². The van der Waals surface area contributed by atoms with Gasteiger partial charge in [0.2, 0.25) is 5.91 Å². The van der Waals surface area contributed by atoms with E-state index in [1.807, 2.05) is 18.2 Å². The van der Waals surface area contributed by atoms with Gasteiger partial charge in [-0.25, -0.2) is 0 Å². The van der Waals surface area contributed by atoms with E-state index in [2.05, 4.69) is 17.4 Å². The number of hydrogen-bond acceptors (Lipinski definition) is 2. The van der Waals surface area contributed by atoms with E-state index in [1.54, 1.807) is 0 Å². The highest BCUT2D eigenvalue weighted by Crippen LogP contribution is 2.28. The summed E-state index contributed by atoms with van der Waals surface area (Å²) in [6, 6.07) is 10.3. The van der Waals surface area contributed by atoms with Crippen molar-refractivity contribution in [2.24, 2.45) is 5.92 Å². The van der Waals surface area contributed by atoms with Gasteiger partial charge in [0.25, 0.3) is 0 Å². The van der Waals surface area contributed by atoms with Crippen LogP contribution >= 0.6 is 0 Å². The third-order valence-corrected chi connectivity index (χ3v) is 4.82. The van der Waals surface area contributed by atoms with E-state index in [0.29, 0.717) is 18.9 Å². The van der Waals surface area contributed by atoms with Crippen LogP contribution in [-0.2, 0) is 4.79 Å². The fourth-order valence-corrected chi connectivity index (χ4v) is 3.47. The van der Waals surface area contributed by atoms with Crippen molar-refractivity contribution in [2.45, 2.75) is 57.3 Å². The Hall–Kier alpha value is -1.35. The van der Waals surface area contributed by atoms with Gasteiger partial charge in [0.15, 0.2) is 0 Å². The topological polar surface area (TPSA) is 49.3 Å². The Morgan fingerprint density at radius 2 is 1.91 bits per heavy atom. The number of aliphatic hydroxyl groups excluding tert-OH is 1. The summed E-state index contributed by atoms with van der Waals surface area (Å²) >= 11 is 0. The summed E-state index contributed by atoms with van der Waals surface area (Å²) in [6.07, 6.45) is 8.64. The van der Waals surface area contributed by atoms with Gasteiger partial charge >= 0.3 is 0 Å². The van der Waals surface area contributed by atoms with Gasteiger partial charge in [-0.15, -0.1) is 0 Å². The fraction of sp³-hybridized carbons (Fsp3) is 0.632. The van der Waals surface area contributed by atoms with Crippen LogP contribution in [0.2, 0.25) is 0 Å². The number of carbonyl (C=O) groups is 1. The van der Waals surface area contributed by atoms with Crippen molar-refractivity contribution in [1.82, 2.24) is 5.32 Å². The number of aliphatic hydroxyl groups is 1. The molecule has 0 aliphatic heterocycles. The highest BCUT2D eigenvalue weighted by atomic mass is 16.3. The second-order valence-electron chi connectivity index (χ2n) is 6.45. The molecule has 1 atom stereocenters. The molecule has 3 nitrogen and oxygen atoms in total. The molecular formula is C19H29NO2. The van der Waals surface area contributed by atoms with Crippen LogP contribution < -0.4 is 5.32 Å². The molecule has 1 aromatic rings. The lowest BCUT2D eigenvalue weighted by Gasteiger charge is -2.17. The van der Waals surface area contributed by atoms with Crippen LogP contribution in [0.1, 0.15) is 62.8 Å². The Labute approximate surface area is 134 Å². The first-order valence-corrected chi connectivity index (χ1v) is 8.72. The van der Waals surface area contributed by atoms with Gasteiger partial charge < -0.3 is 10.4 Å². The van der Waals surface area contributed by atoms with Gasteiger partial charge in [0.05, 0.1) is 0 Å². The number of amides is 1. The van der Waals surface area contributed by atoms with Crippen molar-refractivity contribution in [3.8, 4) is 0 Å². The zero-order chi connectivity index (χ0) is 15.6. The molecule has 0 spiro atoms. The van der Waals surface area contributed by atoms with Gasteiger partial charge in [-0.1, -0.05) is 56.0 Å². The summed E-state index contributed by atoms with van der Waals surface area (Å²) in [5, 5.41) is 12.3. The molecule has 0 radical (unpaired) electrons. The average molecular weight is 303 g/mol. The molecule has 2 N–H and O–H groups in total. The van der Waals surface area contributed by atoms with Crippen molar-refractivity contribution in [3.63, 3.8) is 0 Å². The number of rotatable bonds is 9. The maximum Gasteiger partial charge on any atom is 0.220 e. The summed E-state index contributed by atoms with van der Waals surface area (Å²) in [4.78, 5) is 11.9. The Morgan fingerprint density at radius 3 is 2.59 bits per heavy atom. The van der Waals surface area contributed by atoms with Crippen LogP contribution in [0.4, 0.5) is 0 Å². The Kier molecular flexibility index (Phi) is 7.44. The Bertz CT molecular complexity index is 426. The summed E-state index contributed by atoms with van der Waals surface area (Å²) in [6.45, 7) is 0.887. The highest BCUT2D eigenvalue weighted by molar-refractivity contribution is 5.75. The van der Waals surface area contributed by atoms with Crippen molar-refractivity contribution >= 4 is 5.91 Å². The van der Waals surface area contributed by atoms with Crippen LogP contribution in [0.3, 0.4) is 0 Å². The summed E-state index contributed by atoms with van der Waals surface area (Å²) in [7, 11) is 0. The Morgan fingerprint density at radius 1 is 1.18 bits per heavy atom. The summed E-state index contributed by atoms with van der Waals surface area (Å²) in [5.41, 5.74) is 1.25. The molecule has 122 valence electrons. The second kappa shape index (κ2) is 9.62. The molecule has 1 aliphatic rings. The van der Waals surface area contributed by atoms with E-state index >= 15 is 0 Å². The van der Waals surface area contributed by atoms with Gasteiger partial charge in [0, 0.05) is 19.6 Å². The largest absolute Gasteiger partial charge is 0.396 e. The van der Waals surface area contributed by atoms with Crippen molar-refractivity contribution in [1.29, 1.82) is 0 Å². The molecule has 0 aromatic heterocycles. The smallest absolute Gasteiger partial charge is 0.220 e. The van der Waals surface area contributed by atoms with E-state index < -0.39 is 0 Å². The first kappa shape index (κ1) is 17.0. The molecule has 0 heterocycles. The summed E-state index contributed by atoms with van der Waals surface area (Å²) in [5.74, 6) is 1.28. The average Bonchev–Trinajstić information content (AvgIpc) is 3.06. The third kappa shape index (κ3) is 5.80. The minimum Gasteiger partial charge on any atom is -0.396 e. The maximum absolute atomic E-state index is 11.9. The van der Waals surface area contributed by atoms with Crippen molar-refractivity contribution in [3.05, 3.63) is 35.9 Å². The van der Waals surface area contributed by atoms with Crippen molar-refractivity contribution in [2.75, 3.05) is 13.2 Å². The fourth-order valence-electron chi connectivity index (χ4n) is 3.47. The number of carbonyl (C=O) groups excluding carboxylic acids is 1. The lowest BCUT2D eigenvalue weighted by molar-refractivity contribution is -0.121. The van der Waals surface area contributed by atoms with Gasteiger partial charge in [-0.2, -0.15) is 0 Å². The first-order chi connectivity index (χ1) is 10.8. The van der Waals surface area contributed by atoms with Gasteiger partial charge in [-0.05, 0) is 36.7 Å². The van der Waals surface area contributed by atoms with Gasteiger partial charge in [-0.3, -0.25) is 4.79 Å². The first-order valence-electron chi connectivity index (χ1n) is 8.72. The SMILES string of the molecule is O=C(CCC1CCCC1)NCCC(CCO)c1ccccc1. The van der Waals surface area contributed by atoms with Crippen molar-refractivity contribution < 1.29 is 9.90 Å². The minimum absolute atomic E-state index is 0.183. The zero-order valence-electron chi connectivity index (χ0n) is 13.5. The number of nitrogens with one attached hydrogen (secondary N) is 1. The van der Waals surface area contributed by atoms with E-state index in [-0.39, 0.29) is 12.5 Å². The molecule has 2 rings (SSSR count). The third-order valence-electron chi connectivity index (χ3n) is 4.82. The normalized spacial score (nSPS) is 16.6. The van der Waals surface area contributed by atoms with Crippen LogP contribution in [0.15, 0.2) is 30.3 Å². The molecule has 1 fully saturated rings. The molecule has 22 heavy (non-hydrogen) atoms. The Balaban J connectivity index is 1.67. The highest BCUT2D eigenvalue weighted by Gasteiger charge is 2.16. The molecular weight excluding hydrogens is 274 g/mol. The second-order valence-corrected chi connectivity index (χ2v) is 6.45. The number of benzene rings is 1. The molecule has 3 heteroatoms. The molecule has 1 aliphatic carbocycles. The predicted molar refractivity (Wildman–Crippen MR) is 89.7 cm³/mol. The van der Waals surface area contributed by atoms with Crippen LogP contribution in [0.25, 0.3) is 0 Å². The lowest BCUT2D eigenvalue weighted by atomic mass is 9.93.